The van der Waals surface area contributed by atoms with Crippen LogP contribution in [0.15, 0.2) is 107 Å². The zero-order valence-corrected chi connectivity index (χ0v) is 81.8. The Morgan fingerprint density at radius 2 is 0.619 bits per heavy atom. The molecule has 0 radical (unpaired) electrons. The number of alkyl halides is 9. The highest BCUT2D eigenvalue weighted by Crippen LogP contribution is 2.51. The van der Waals surface area contributed by atoms with E-state index < -0.39 is 188 Å². The summed E-state index contributed by atoms with van der Waals surface area (Å²) in [5.74, 6) is -22.9. The van der Waals surface area contributed by atoms with E-state index in [-0.39, 0.29) is 178 Å². The Morgan fingerprint density at radius 3 is 0.810 bits per heavy atom. The molecule has 0 spiro atoms. The lowest BCUT2D eigenvalue weighted by Crippen LogP contribution is -2.54. The third-order valence-electron chi connectivity index (χ3n) is 25.2. The van der Waals surface area contributed by atoms with Crippen LogP contribution in [-0.2, 0) is 32.9 Å². The van der Waals surface area contributed by atoms with Gasteiger partial charge in [0.2, 0.25) is 17.7 Å². The SMILES string of the molecule is C=CC(=O)N1CCN(c2c(C#N)c(=O)n(-c3c(C)ccnc3C(C)C)c3nc(-c4c(N)c(F)c(F)c(C(F)(F)F)c4F)c(Cl)cc23)C[C@H]1C.C=CC(=O)N1CCN(c2c(C#N)c(=O)n(-c3c(C)ccnc3C(C)C)c3nc(-c4c(N)c(F)c(F)c(C(F)(F)F)c4F)c(Cl)cc23)C[C@H]1C.C=CC(=O)N1CCN(c2c(C#N)c(=O)n(-c3c(C)ccnc3C(C)C)c3nc(-c4c(N)c(F)c(F)c(C(F)(F)F)c4F)c(Cl)cc23)C[C@H]1C. The van der Waals surface area contributed by atoms with E-state index in [2.05, 4.69) is 49.6 Å². The second kappa shape index (κ2) is 41.3. The van der Waals surface area contributed by atoms with Crippen molar-refractivity contribution in [2.24, 2.45) is 0 Å². The Morgan fingerprint density at radius 1 is 0.395 bits per heavy atom. The van der Waals surface area contributed by atoms with Crippen molar-refractivity contribution < 1.29 is 93.4 Å². The summed E-state index contributed by atoms with van der Waals surface area (Å²) in [6, 6.07) is 12.7. The first-order chi connectivity index (χ1) is 68.9. The van der Waals surface area contributed by atoms with Crippen molar-refractivity contribution in [2.45, 2.75) is 137 Å². The van der Waals surface area contributed by atoms with Gasteiger partial charge in [0.25, 0.3) is 16.7 Å². The Kier molecular flexibility index (Phi) is 30.6. The fourth-order valence-electron chi connectivity index (χ4n) is 18.4. The third kappa shape index (κ3) is 19.2. The van der Waals surface area contributed by atoms with E-state index in [1.54, 1.807) is 131 Å². The lowest BCUT2D eigenvalue weighted by molar-refractivity contribution is -0.143. The number of carbonyl (C=O) groups excluding carboxylic acids is 3. The number of rotatable bonds is 15. The van der Waals surface area contributed by atoms with E-state index in [9.17, 15) is 110 Å². The topological polar surface area (TPSA) is 363 Å². The summed E-state index contributed by atoms with van der Waals surface area (Å²) in [5, 5.41) is 29.7. The molecule has 0 unspecified atom stereocenters. The molecule has 6 N–H and O–H groups in total. The van der Waals surface area contributed by atoms with Gasteiger partial charge in [0.15, 0.2) is 34.9 Å². The number of pyridine rings is 9. The number of hydrogen-bond acceptors (Lipinski definition) is 21. The monoisotopic (exact) mass is 2110 g/mol. The zero-order valence-electron chi connectivity index (χ0n) is 79.5. The number of halogens is 21. The van der Waals surface area contributed by atoms with Gasteiger partial charge in [-0.3, -0.25) is 57.4 Å². The summed E-state index contributed by atoms with van der Waals surface area (Å²) in [6.07, 6.45) is -9.07. The molecule has 12 heterocycles. The standard InChI is InChI=1S/3C33H28ClF6N7O2/c3*1-6-20(48)46-10-9-45(13-16(46)5)30-17-11-19(34)28(21-23(35)22(33(38,39)40)24(36)25(37)26(21)42)44-31(17)47(32(49)18(30)12-41)29-15(4)7-8-43-27(29)14(2)3/h3*6-8,11,14,16H,1,9-10,13,42H2,2-5H3/t3*16-/m111/s1. The first-order valence-corrected chi connectivity index (χ1v) is 45.6. The van der Waals surface area contributed by atoms with E-state index in [0.29, 0.717) is 33.8 Å². The number of benzene rings is 3. The number of nitrogen functional groups attached to an aromatic ring is 3. The van der Waals surface area contributed by atoms with Crippen LogP contribution in [0.4, 0.5) is 113 Å². The van der Waals surface area contributed by atoms with Crippen molar-refractivity contribution in [3.05, 3.63) is 259 Å². The number of nitriles is 3. The van der Waals surface area contributed by atoms with Gasteiger partial charge in [-0.1, -0.05) is 96.1 Å². The number of nitrogens with zero attached hydrogens (tertiary/aromatic N) is 18. The number of carbonyl (C=O) groups is 3. The van der Waals surface area contributed by atoms with Crippen molar-refractivity contribution >= 4 is 120 Å². The average Bonchev–Trinajstić information content (AvgIpc) is 0.722. The van der Waals surface area contributed by atoms with Crippen LogP contribution in [0.2, 0.25) is 15.1 Å². The summed E-state index contributed by atoms with van der Waals surface area (Å²) in [5.41, 5.74) is -2.39. The molecule has 15 rings (SSSR count). The summed E-state index contributed by atoms with van der Waals surface area (Å²) < 4.78 is 262. The molecule has 3 fully saturated rings. The smallest absolute Gasteiger partial charge is 0.396 e. The van der Waals surface area contributed by atoms with Gasteiger partial charge in [-0.15, -0.1) is 0 Å². The highest BCUT2D eigenvalue weighted by atomic mass is 35.5. The quantitative estimate of drug-likeness (QED) is 0.0371. The lowest BCUT2D eigenvalue weighted by Gasteiger charge is -2.41. The number of hydrogen-bond donors (Lipinski definition) is 3. The number of fused-ring (bicyclic) bond motifs is 3. The normalized spacial score (nSPS) is 15.2. The number of amides is 3. The van der Waals surface area contributed by atoms with Crippen LogP contribution in [-0.4, -0.2) is 153 Å². The summed E-state index contributed by atoms with van der Waals surface area (Å²) in [7, 11) is 0. The predicted molar refractivity (Wildman–Crippen MR) is 516 cm³/mol. The molecule has 3 aliphatic heterocycles. The van der Waals surface area contributed by atoms with E-state index >= 15 is 13.2 Å². The fraction of sp³-hybridized carbons (Fsp3) is 0.303. The van der Waals surface area contributed by atoms with Crippen molar-refractivity contribution in [1.29, 1.82) is 15.8 Å². The van der Waals surface area contributed by atoms with Gasteiger partial charge in [0.1, 0.15) is 86.0 Å². The average molecular weight is 2110 g/mol. The molecule has 147 heavy (non-hydrogen) atoms. The molecule has 9 aromatic heterocycles. The minimum Gasteiger partial charge on any atom is -0.396 e. The van der Waals surface area contributed by atoms with Crippen LogP contribution < -0.4 is 48.6 Å². The highest BCUT2D eigenvalue weighted by Gasteiger charge is 2.48. The number of aromatic nitrogens is 9. The third-order valence-corrected chi connectivity index (χ3v) is 26.0. The van der Waals surface area contributed by atoms with Crippen molar-refractivity contribution in [3.63, 3.8) is 0 Å². The molecule has 48 heteroatoms. The molecule has 0 saturated carbocycles. The van der Waals surface area contributed by atoms with Crippen molar-refractivity contribution in [1.82, 2.24) is 58.3 Å². The summed E-state index contributed by atoms with van der Waals surface area (Å²) in [4.78, 5) is 117. The van der Waals surface area contributed by atoms with Gasteiger partial charge < -0.3 is 46.6 Å². The molecular weight excluding hydrogens is 2030 g/mol. The van der Waals surface area contributed by atoms with Gasteiger partial charge in [-0.2, -0.15) is 55.3 Å². The van der Waals surface area contributed by atoms with Crippen LogP contribution in [0.5, 0.6) is 0 Å². The van der Waals surface area contributed by atoms with E-state index in [1.807, 2.05) is 18.2 Å². The minimum atomic E-state index is -5.68. The molecule has 3 saturated heterocycles. The molecule has 3 aliphatic rings. The lowest BCUT2D eigenvalue weighted by atomic mass is 10.00. The second-order valence-electron chi connectivity index (χ2n) is 35.4. The predicted octanol–water partition coefficient (Wildman–Crippen LogP) is 19.9. The molecule has 0 bridgehead atoms. The fourth-order valence-corrected chi connectivity index (χ4v) is 19.1. The summed E-state index contributed by atoms with van der Waals surface area (Å²) >= 11 is 19.7. The highest BCUT2D eigenvalue weighted by molar-refractivity contribution is 6.35. The Labute approximate surface area is 838 Å². The Hall–Kier alpha value is -15.3. The van der Waals surface area contributed by atoms with Crippen LogP contribution in [0.3, 0.4) is 0 Å². The second-order valence-corrected chi connectivity index (χ2v) is 36.7. The van der Waals surface area contributed by atoms with Crippen LogP contribution in [0.25, 0.3) is 83.9 Å². The number of anilines is 6. The number of nitrogens with two attached hydrogens (primary N) is 3. The molecule has 0 aliphatic carbocycles. The minimum absolute atomic E-state index is 0.0381. The van der Waals surface area contributed by atoms with Gasteiger partial charge in [-0.05, 0) is 131 Å². The van der Waals surface area contributed by atoms with Gasteiger partial charge >= 0.3 is 18.5 Å². The van der Waals surface area contributed by atoms with Gasteiger partial charge in [0, 0.05) is 112 Å². The Balaban J connectivity index is 0.000000184. The van der Waals surface area contributed by atoms with Crippen LogP contribution in [0, 0.1) is 107 Å². The molecular formula is C99H84Cl3F18N21O6. The molecule has 27 nitrogen and oxygen atoms in total. The molecule has 3 atom stereocenters. The molecule has 12 aromatic rings. The largest absolute Gasteiger partial charge is 0.422 e. The van der Waals surface area contributed by atoms with E-state index in [4.69, 9.17) is 52.0 Å². The number of aryl methyl sites for hydroxylation is 3. The number of piperazine rings is 3. The van der Waals surface area contributed by atoms with E-state index in [1.165, 1.54) is 18.6 Å². The van der Waals surface area contributed by atoms with E-state index in [0.717, 1.165) is 50.1 Å². The van der Waals surface area contributed by atoms with Gasteiger partial charge in [0.05, 0.1) is 117 Å². The van der Waals surface area contributed by atoms with Crippen LogP contribution >= 0.6 is 34.8 Å². The van der Waals surface area contributed by atoms with Crippen molar-refractivity contribution in [3.8, 4) is 69.0 Å². The molecule has 3 amide bonds. The first-order valence-electron chi connectivity index (χ1n) is 44.5. The molecule has 768 valence electrons. The maximum atomic E-state index is 15.7. The van der Waals surface area contributed by atoms with Crippen molar-refractivity contribution in [2.75, 3.05) is 90.8 Å². The maximum absolute atomic E-state index is 15.7. The summed E-state index contributed by atoms with van der Waals surface area (Å²) in [6.45, 7) is 32.7. The zero-order chi connectivity index (χ0) is 109. The maximum Gasteiger partial charge on any atom is 0.422 e. The molecule has 3 aromatic carbocycles. The first kappa shape index (κ1) is 109. The Bertz CT molecular complexity index is 7200. The van der Waals surface area contributed by atoms with Gasteiger partial charge in [-0.25, -0.2) is 54.5 Å². The van der Waals surface area contributed by atoms with Crippen LogP contribution in [0.1, 0.15) is 147 Å².